The topological polar surface area (TPSA) is 73.5 Å². The van der Waals surface area contributed by atoms with Crippen LogP contribution < -0.4 is 16.0 Å². The van der Waals surface area contributed by atoms with E-state index >= 15 is 0 Å². The van der Waals surface area contributed by atoms with Crippen LogP contribution in [-0.2, 0) is 11.3 Å². The van der Waals surface area contributed by atoms with Gasteiger partial charge in [0.15, 0.2) is 0 Å². The number of likely N-dealkylation sites (tertiary alicyclic amines) is 1. The molecule has 1 saturated heterocycles. The van der Waals surface area contributed by atoms with Gasteiger partial charge >= 0.3 is 6.03 Å². The van der Waals surface area contributed by atoms with Gasteiger partial charge in [-0.15, -0.1) is 0 Å². The molecule has 1 aromatic rings. The molecule has 1 aliphatic heterocycles. The zero-order valence-corrected chi connectivity index (χ0v) is 15.4. The zero-order valence-electron chi connectivity index (χ0n) is 15.4. The highest BCUT2D eigenvalue weighted by Crippen LogP contribution is 2.18. The number of hydrogen-bond acceptors (Lipinski definition) is 3. The fourth-order valence-corrected chi connectivity index (χ4v) is 3.18. The number of rotatable bonds is 8. The first-order valence-electron chi connectivity index (χ1n) is 9.35. The van der Waals surface area contributed by atoms with Gasteiger partial charge in [-0.1, -0.05) is 36.8 Å². The molecule has 0 radical (unpaired) electrons. The number of alkyl halides is 2. The average molecular weight is 382 g/mol. The molecule has 1 aromatic carbocycles. The van der Waals surface area contributed by atoms with E-state index in [0.717, 1.165) is 38.9 Å². The van der Waals surface area contributed by atoms with Crippen molar-refractivity contribution in [2.24, 2.45) is 5.92 Å². The lowest BCUT2D eigenvalue weighted by Crippen LogP contribution is -2.45. The number of hydrogen-bond donors (Lipinski definition) is 3. The maximum absolute atomic E-state index is 12.0. The normalized spacial score (nSPS) is 18.0. The quantitative estimate of drug-likeness (QED) is 0.644. The highest BCUT2D eigenvalue weighted by molar-refractivity contribution is 5.83. The number of nitrogens with zero attached hydrogens (tertiary/aromatic N) is 1. The van der Waals surface area contributed by atoms with Crippen molar-refractivity contribution in [1.29, 1.82) is 0 Å². The van der Waals surface area contributed by atoms with Crippen LogP contribution in [0.25, 0.3) is 0 Å². The maximum Gasteiger partial charge on any atom is 0.315 e. The first-order chi connectivity index (χ1) is 13.0. The molecule has 0 saturated carbocycles. The Labute approximate surface area is 158 Å². The molecule has 0 aromatic heterocycles. The van der Waals surface area contributed by atoms with Gasteiger partial charge in [0.25, 0.3) is 6.43 Å². The summed E-state index contributed by atoms with van der Waals surface area (Å²) in [6.45, 7) is 2.35. The van der Waals surface area contributed by atoms with Crippen LogP contribution in [0.15, 0.2) is 30.3 Å². The van der Waals surface area contributed by atoms with Crippen LogP contribution in [0, 0.1) is 5.92 Å². The predicted octanol–water partition coefficient (Wildman–Crippen LogP) is 1.97. The van der Waals surface area contributed by atoms with Crippen LogP contribution in [0.1, 0.15) is 24.8 Å². The van der Waals surface area contributed by atoms with Gasteiger partial charge in [0, 0.05) is 19.6 Å². The molecule has 3 N–H and O–H groups in total. The van der Waals surface area contributed by atoms with E-state index < -0.39 is 24.9 Å². The number of urea groups is 1. The number of benzene rings is 1. The smallest absolute Gasteiger partial charge is 0.315 e. The lowest BCUT2D eigenvalue weighted by Gasteiger charge is -2.24. The zero-order chi connectivity index (χ0) is 19.5. The average Bonchev–Trinajstić information content (AvgIpc) is 2.89. The molecular formula is C19H28F2N4O2. The summed E-state index contributed by atoms with van der Waals surface area (Å²) in [5.41, 5.74) is 1.28. The predicted molar refractivity (Wildman–Crippen MR) is 99.5 cm³/mol. The third kappa shape index (κ3) is 8.81. The molecule has 0 bridgehead atoms. The van der Waals surface area contributed by atoms with E-state index in [2.05, 4.69) is 27.7 Å². The van der Waals surface area contributed by atoms with Gasteiger partial charge in [0.1, 0.15) is 0 Å². The Kier molecular flexibility index (Phi) is 8.97. The van der Waals surface area contributed by atoms with Crippen molar-refractivity contribution in [1.82, 2.24) is 20.9 Å². The molecule has 3 amide bonds. The second-order valence-corrected chi connectivity index (χ2v) is 6.84. The lowest BCUT2D eigenvalue weighted by molar-refractivity contribution is -0.120. The summed E-state index contributed by atoms with van der Waals surface area (Å²) in [5, 5.41) is 7.21. The molecule has 0 aliphatic carbocycles. The van der Waals surface area contributed by atoms with Gasteiger partial charge in [0.2, 0.25) is 5.91 Å². The van der Waals surface area contributed by atoms with Gasteiger partial charge < -0.3 is 16.0 Å². The van der Waals surface area contributed by atoms with Crippen LogP contribution in [-0.4, -0.2) is 56.0 Å². The molecule has 6 nitrogen and oxygen atoms in total. The molecule has 2 rings (SSSR count). The maximum atomic E-state index is 12.0. The minimum absolute atomic E-state index is 0.316. The summed E-state index contributed by atoms with van der Waals surface area (Å²) in [4.78, 5) is 25.6. The second kappa shape index (κ2) is 11.5. The van der Waals surface area contributed by atoms with Crippen molar-refractivity contribution in [3.8, 4) is 0 Å². The monoisotopic (exact) mass is 382 g/mol. The minimum Gasteiger partial charge on any atom is -0.349 e. The summed E-state index contributed by atoms with van der Waals surface area (Å²) >= 11 is 0. The summed E-state index contributed by atoms with van der Waals surface area (Å²) in [5.74, 6) is -0.288. The number of nitrogens with one attached hydrogen (secondary N) is 3. The van der Waals surface area contributed by atoms with E-state index in [1.807, 2.05) is 23.5 Å². The summed E-state index contributed by atoms with van der Waals surface area (Å²) in [6, 6.07) is 9.85. The van der Waals surface area contributed by atoms with Crippen molar-refractivity contribution in [2.45, 2.75) is 32.2 Å². The summed E-state index contributed by atoms with van der Waals surface area (Å²) in [6.07, 6.45) is 0.701. The van der Waals surface area contributed by atoms with Gasteiger partial charge in [-0.2, -0.15) is 0 Å². The van der Waals surface area contributed by atoms with Crippen LogP contribution in [0.2, 0.25) is 0 Å². The van der Waals surface area contributed by atoms with Crippen LogP contribution in [0.4, 0.5) is 13.6 Å². The molecule has 8 heteroatoms. The first-order valence-corrected chi connectivity index (χ1v) is 9.35. The number of halogens is 2. The third-order valence-corrected chi connectivity index (χ3v) is 4.52. The molecule has 27 heavy (non-hydrogen) atoms. The molecule has 0 spiro atoms. The van der Waals surface area contributed by atoms with E-state index in [-0.39, 0.29) is 6.54 Å². The number of carbonyl (C=O) groups is 2. The minimum atomic E-state index is -2.60. The highest BCUT2D eigenvalue weighted by Gasteiger charge is 2.19. The van der Waals surface area contributed by atoms with Crippen molar-refractivity contribution < 1.29 is 18.4 Å². The first kappa shape index (κ1) is 21.1. The SMILES string of the molecule is O=C(CNC(=O)NCC1CCCCN(Cc2ccccc2)C1)NCC(F)F. The van der Waals surface area contributed by atoms with E-state index in [1.165, 1.54) is 5.56 Å². The molecule has 1 unspecified atom stereocenters. The van der Waals surface area contributed by atoms with Gasteiger partial charge in [-0.05, 0) is 30.9 Å². The van der Waals surface area contributed by atoms with E-state index in [1.54, 1.807) is 0 Å². The Bertz CT molecular complexity index is 586. The standard InChI is InChI=1S/C19H28F2N4O2/c20-17(21)11-22-18(26)12-24-19(27)23-10-16-8-4-5-9-25(14-16)13-15-6-2-1-3-7-15/h1-3,6-7,16-17H,4-5,8-14H2,(H,22,26)(H2,23,24,27). The Hall–Kier alpha value is -2.22. The fraction of sp³-hybridized carbons (Fsp3) is 0.579. The molecule has 1 heterocycles. The summed E-state index contributed by atoms with van der Waals surface area (Å²) in [7, 11) is 0. The molecular weight excluding hydrogens is 354 g/mol. The van der Waals surface area contributed by atoms with Crippen molar-refractivity contribution in [3.63, 3.8) is 0 Å². The van der Waals surface area contributed by atoms with Crippen molar-refractivity contribution in [2.75, 3.05) is 32.7 Å². The van der Waals surface area contributed by atoms with Crippen LogP contribution in [0.5, 0.6) is 0 Å². The van der Waals surface area contributed by atoms with E-state index in [4.69, 9.17) is 0 Å². The van der Waals surface area contributed by atoms with Crippen LogP contribution >= 0.6 is 0 Å². The second-order valence-electron chi connectivity index (χ2n) is 6.84. The fourth-order valence-electron chi connectivity index (χ4n) is 3.18. The largest absolute Gasteiger partial charge is 0.349 e. The van der Waals surface area contributed by atoms with E-state index in [0.29, 0.717) is 12.5 Å². The van der Waals surface area contributed by atoms with Gasteiger partial charge in [-0.25, -0.2) is 13.6 Å². The van der Waals surface area contributed by atoms with Gasteiger partial charge in [0.05, 0.1) is 13.1 Å². The number of carbonyl (C=O) groups excluding carboxylic acids is 2. The Morgan fingerprint density at radius 3 is 2.63 bits per heavy atom. The Morgan fingerprint density at radius 1 is 1.11 bits per heavy atom. The Balaban J connectivity index is 1.69. The molecule has 1 fully saturated rings. The molecule has 1 atom stereocenters. The molecule has 150 valence electrons. The van der Waals surface area contributed by atoms with Gasteiger partial charge in [-0.3, -0.25) is 9.69 Å². The molecule has 1 aliphatic rings. The van der Waals surface area contributed by atoms with Crippen molar-refractivity contribution in [3.05, 3.63) is 35.9 Å². The van der Waals surface area contributed by atoms with E-state index in [9.17, 15) is 18.4 Å². The highest BCUT2D eigenvalue weighted by atomic mass is 19.3. The van der Waals surface area contributed by atoms with Crippen molar-refractivity contribution >= 4 is 11.9 Å². The summed E-state index contributed by atoms with van der Waals surface area (Å²) < 4.78 is 24.0. The Morgan fingerprint density at radius 2 is 1.89 bits per heavy atom. The van der Waals surface area contributed by atoms with Crippen LogP contribution in [0.3, 0.4) is 0 Å². The number of amides is 3. The third-order valence-electron chi connectivity index (χ3n) is 4.52. The lowest BCUT2D eigenvalue weighted by atomic mass is 10.0.